The summed E-state index contributed by atoms with van der Waals surface area (Å²) in [6, 6.07) is 11.7. The van der Waals surface area contributed by atoms with Gasteiger partial charge in [0.25, 0.3) is 0 Å². The molecular formula is C18H28N2. The third-order valence-corrected chi connectivity index (χ3v) is 5.03. The van der Waals surface area contributed by atoms with Crippen molar-refractivity contribution in [2.24, 2.45) is 5.92 Å². The molecule has 1 saturated carbocycles. The number of benzene rings is 1. The predicted molar refractivity (Wildman–Crippen MR) is 84.7 cm³/mol. The zero-order valence-electron chi connectivity index (χ0n) is 12.6. The fraction of sp³-hybridized carbons (Fsp3) is 0.667. The van der Waals surface area contributed by atoms with Crippen molar-refractivity contribution in [2.45, 2.75) is 51.1 Å². The number of nitrogens with zero attached hydrogens (tertiary/aromatic N) is 1. The van der Waals surface area contributed by atoms with E-state index in [1.54, 1.807) is 0 Å². The maximum atomic E-state index is 3.60. The largest absolute Gasteiger partial charge is 0.314 e. The smallest absolute Gasteiger partial charge is 0.0237 e. The highest BCUT2D eigenvalue weighted by atomic mass is 15.2. The third kappa shape index (κ3) is 3.83. The Kier molecular flexibility index (Phi) is 5.10. The lowest BCUT2D eigenvalue weighted by Crippen LogP contribution is -2.51. The molecule has 1 aromatic rings. The lowest BCUT2D eigenvalue weighted by molar-refractivity contribution is 0.121. The monoisotopic (exact) mass is 272 g/mol. The molecule has 0 amide bonds. The van der Waals surface area contributed by atoms with E-state index in [1.807, 2.05) is 0 Å². The van der Waals surface area contributed by atoms with Crippen LogP contribution in [0.15, 0.2) is 30.3 Å². The summed E-state index contributed by atoms with van der Waals surface area (Å²) in [5.41, 5.74) is 1.46. The van der Waals surface area contributed by atoms with E-state index in [0.29, 0.717) is 0 Å². The molecular weight excluding hydrogens is 244 g/mol. The van der Waals surface area contributed by atoms with Gasteiger partial charge in [0.2, 0.25) is 0 Å². The van der Waals surface area contributed by atoms with Crippen molar-refractivity contribution >= 4 is 0 Å². The van der Waals surface area contributed by atoms with Crippen LogP contribution in [0.2, 0.25) is 0 Å². The summed E-state index contributed by atoms with van der Waals surface area (Å²) in [7, 11) is 0. The van der Waals surface area contributed by atoms with Crippen molar-refractivity contribution in [1.29, 1.82) is 0 Å². The van der Waals surface area contributed by atoms with E-state index >= 15 is 0 Å². The van der Waals surface area contributed by atoms with Crippen LogP contribution >= 0.6 is 0 Å². The van der Waals surface area contributed by atoms with Gasteiger partial charge in [-0.1, -0.05) is 62.4 Å². The molecule has 110 valence electrons. The highest BCUT2D eigenvalue weighted by Crippen LogP contribution is 2.29. The molecule has 3 rings (SSSR count). The molecule has 2 aliphatic rings. The minimum Gasteiger partial charge on any atom is -0.314 e. The first-order valence-electron chi connectivity index (χ1n) is 8.40. The summed E-state index contributed by atoms with van der Waals surface area (Å²) in [5.74, 6) is 0.979. The third-order valence-electron chi connectivity index (χ3n) is 5.03. The quantitative estimate of drug-likeness (QED) is 0.903. The van der Waals surface area contributed by atoms with Crippen LogP contribution in [-0.2, 0) is 6.54 Å². The summed E-state index contributed by atoms with van der Waals surface area (Å²) in [4.78, 5) is 2.71. The molecule has 1 heterocycles. The Labute approximate surface area is 123 Å². The minimum atomic E-state index is 0.743. The molecule has 1 N–H and O–H groups in total. The summed E-state index contributed by atoms with van der Waals surface area (Å²) in [5, 5.41) is 3.60. The maximum absolute atomic E-state index is 3.60. The van der Waals surface area contributed by atoms with Crippen LogP contribution in [0.5, 0.6) is 0 Å². The molecule has 0 radical (unpaired) electrons. The van der Waals surface area contributed by atoms with E-state index in [4.69, 9.17) is 0 Å². The Morgan fingerprint density at radius 1 is 1.05 bits per heavy atom. The van der Waals surface area contributed by atoms with Crippen molar-refractivity contribution < 1.29 is 0 Å². The van der Waals surface area contributed by atoms with E-state index in [-0.39, 0.29) is 0 Å². The fourth-order valence-corrected chi connectivity index (χ4v) is 3.87. The van der Waals surface area contributed by atoms with Gasteiger partial charge in [0.05, 0.1) is 0 Å². The van der Waals surface area contributed by atoms with Crippen molar-refractivity contribution in [1.82, 2.24) is 10.2 Å². The Bertz CT molecular complexity index is 384. The molecule has 1 aliphatic carbocycles. The molecule has 1 saturated heterocycles. The van der Waals surface area contributed by atoms with Gasteiger partial charge in [-0.05, 0) is 17.9 Å². The first kappa shape index (κ1) is 14.1. The second-order valence-corrected chi connectivity index (χ2v) is 6.55. The topological polar surface area (TPSA) is 15.3 Å². The van der Waals surface area contributed by atoms with Crippen molar-refractivity contribution in [2.75, 3.05) is 19.6 Å². The minimum absolute atomic E-state index is 0.743. The van der Waals surface area contributed by atoms with Gasteiger partial charge in [0.1, 0.15) is 0 Å². The van der Waals surface area contributed by atoms with Crippen LogP contribution in [0.3, 0.4) is 0 Å². The second kappa shape index (κ2) is 7.24. The van der Waals surface area contributed by atoms with Gasteiger partial charge in [0, 0.05) is 32.2 Å². The van der Waals surface area contributed by atoms with Gasteiger partial charge >= 0.3 is 0 Å². The number of nitrogens with one attached hydrogen (secondary N) is 1. The zero-order valence-corrected chi connectivity index (χ0v) is 12.6. The summed E-state index contributed by atoms with van der Waals surface area (Å²) < 4.78 is 0. The number of hydrogen-bond donors (Lipinski definition) is 1. The number of piperazine rings is 1. The second-order valence-electron chi connectivity index (χ2n) is 6.55. The van der Waals surface area contributed by atoms with E-state index < -0.39 is 0 Å². The zero-order chi connectivity index (χ0) is 13.6. The normalized spacial score (nSPS) is 25.7. The lowest BCUT2D eigenvalue weighted by Gasteiger charge is -2.38. The van der Waals surface area contributed by atoms with Gasteiger partial charge in [-0.2, -0.15) is 0 Å². The predicted octanol–water partition coefficient (Wildman–Crippen LogP) is 3.43. The first-order chi connectivity index (χ1) is 9.92. The molecule has 1 aromatic carbocycles. The average Bonchev–Trinajstić information content (AvgIpc) is 2.51. The van der Waals surface area contributed by atoms with E-state index in [0.717, 1.165) is 25.0 Å². The fourth-order valence-electron chi connectivity index (χ4n) is 3.87. The van der Waals surface area contributed by atoms with E-state index in [2.05, 4.69) is 40.5 Å². The Morgan fingerprint density at radius 2 is 1.85 bits per heavy atom. The molecule has 0 aromatic heterocycles. The standard InChI is InChI=1S/C18H28N2/c1-3-7-16(8-4-1)13-18-14-19-11-12-20(18)15-17-9-5-2-6-10-17/h2,5-6,9-10,16,18-19H,1,3-4,7-8,11-15H2. The molecule has 2 fully saturated rings. The Balaban J connectivity index is 1.58. The highest BCUT2D eigenvalue weighted by Gasteiger charge is 2.26. The Hall–Kier alpha value is -0.860. The maximum Gasteiger partial charge on any atom is 0.0237 e. The van der Waals surface area contributed by atoms with Crippen molar-refractivity contribution in [3.8, 4) is 0 Å². The first-order valence-corrected chi connectivity index (χ1v) is 8.40. The lowest BCUT2D eigenvalue weighted by atomic mass is 9.84. The van der Waals surface area contributed by atoms with Gasteiger partial charge in [-0.3, -0.25) is 4.90 Å². The van der Waals surface area contributed by atoms with Crippen LogP contribution in [0, 0.1) is 5.92 Å². The van der Waals surface area contributed by atoms with Crippen LogP contribution in [0.1, 0.15) is 44.1 Å². The van der Waals surface area contributed by atoms with E-state index in [9.17, 15) is 0 Å². The summed E-state index contributed by atoms with van der Waals surface area (Å²) >= 11 is 0. The molecule has 1 unspecified atom stereocenters. The van der Waals surface area contributed by atoms with Crippen LogP contribution in [0.4, 0.5) is 0 Å². The SMILES string of the molecule is c1ccc(CN2CCNCC2CC2CCCCC2)cc1. The van der Waals surface area contributed by atoms with Crippen LogP contribution in [-0.4, -0.2) is 30.6 Å². The highest BCUT2D eigenvalue weighted by molar-refractivity contribution is 5.14. The summed E-state index contributed by atoms with van der Waals surface area (Å²) in [6.45, 7) is 4.66. The molecule has 20 heavy (non-hydrogen) atoms. The van der Waals surface area contributed by atoms with Gasteiger partial charge in [0.15, 0.2) is 0 Å². The van der Waals surface area contributed by atoms with Crippen molar-refractivity contribution in [3.05, 3.63) is 35.9 Å². The van der Waals surface area contributed by atoms with Crippen LogP contribution < -0.4 is 5.32 Å². The molecule has 2 heteroatoms. The average molecular weight is 272 g/mol. The molecule has 1 aliphatic heterocycles. The molecule has 0 bridgehead atoms. The molecule has 0 spiro atoms. The van der Waals surface area contributed by atoms with Crippen molar-refractivity contribution in [3.63, 3.8) is 0 Å². The number of hydrogen-bond acceptors (Lipinski definition) is 2. The van der Waals surface area contributed by atoms with E-state index in [1.165, 1.54) is 57.2 Å². The molecule has 1 atom stereocenters. The number of rotatable bonds is 4. The van der Waals surface area contributed by atoms with Gasteiger partial charge in [-0.25, -0.2) is 0 Å². The van der Waals surface area contributed by atoms with Gasteiger partial charge in [-0.15, -0.1) is 0 Å². The molecule has 2 nitrogen and oxygen atoms in total. The van der Waals surface area contributed by atoms with Gasteiger partial charge < -0.3 is 5.32 Å². The summed E-state index contributed by atoms with van der Waals surface area (Å²) in [6.07, 6.45) is 8.73. The Morgan fingerprint density at radius 3 is 2.65 bits per heavy atom. The van der Waals surface area contributed by atoms with Crippen LogP contribution in [0.25, 0.3) is 0 Å².